The molecule has 24 heavy (non-hydrogen) atoms. The van der Waals surface area contributed by atoms with E-state index in [1.165, 1.54) is 25.1 Å². The molecule has 1 unspecified atom stereocenters. The lowest BCUT2D eigenvalue weighted by Gasteiger charge is -2.24. The fourth-order valence-corrected chi connectivity index (χ4v) is 3.31. The van der Waals surface area contributed by atoms with Crippen molar-refractivity contribution in [1.82, 2.24) is 15.5 Å². The smallest absolute Gasteiger partial charge is 0.191 e. The largest absolute Gasteiger partial charge is 0.375 e. The minimum atomic E-state index is 0.651. The average Bonchev–Trinajstić information content (AvgIpc) is 3.09. The summed E-state index contributed by atoms with van der Waals surface area (Å²) in [6.07, 6.45) is 3.69. The van der Waals surface area contributed by atoms with Gasteiger partial charge in [0.25, 0.3) is 0 Å². The van der Waals surface area contributed by atoms with Crippen molar-refractivity contribution in [3.63, 3.8) is 0 Å². The Balaban J connectivity index is 1.63. The maximum Gasteiger partial charge on any atom is 0.191 e. The van der Waals surface area contributed by atoms with E-state index in [1.54, 1.807) is 0 Å². The van der Waals surface area contributed by atoms with Crippen molar-refractivity contribution in [3.8, 4) is 0 Å². The van der Waals surface area contributed by atoms with Crippen LogP contribution in [0.15, 0.2) is 35.3 Å². The Morgan fingerprint density at radius 3 is 2.79 bits per heavy atom. The predicted molar refractivity (Wildman–Crippen MR) is 104 cm³/mol. The highest BCUT2D eigenvalue weighted by molar-refractivity contribution is 5.79. The molecular formula is C19H33N5. The second-order valence-corrected chi connectivity index (χ2v) is 6.42. The summed E-state index contributed by atoms with van der Waals surface area (Å²) >= 11 is 0. The molecule has 0 spiro atoms. The molecule has 2 rings (SSSR count). The van der Waals surface area contributed by atoms with Gasteiger partial charge in [-0.1, -0.05) is 25.1 Å². The number of aliphatic imine (C=N–C) groups is 1. The number of para-hydroxylation sites is 1. The molecule has 134 valence electrons. The van der Waals surface area contributed by atoms with Crippen LogP contribution < -0.4 is 15.5 Å². The van der Waals surface area contributed by atoms with E-state index in [4.69, 9.17) is 0 Å². The Hall–Kier alpha value is -1.75. The molecule has 1 heterocycles. The van der Waals surface area contributed by atoms with Gasteiger partial charge in [-0.25, -0.2) is 0 Å². The van der Waals surface area contributed by atoms with Crippen LogP contribution in [0.1, 0.15) is 26.2 Å². The first-order chi connectivity index (χ1) is 11.7. The van der Waals surface area contributed by atoms with Gasteiger partial charge in [-0.15, -0.1) is 0 Å². The van der Waals surface area contributed by atoms with E-state index in [1.807, 2.05) is 7.05 Å². The van der Waals surface area contributed by atoms with Crippen LogP contribution in [0.4, 0.5) is 5.69 Å². The van der Waals surface area contributed by atoms with E-state index >= 15 is 0 Å². The van der Waals surface area contributed by atoms with Gasteiger partial charge in [-0.2, -0.15) is 0 Å². The standard InChI is InChI=1S/C19H33N5/c1-4-24-15-8-12-18(24)16-22-19(20-2)21-13-9-14-23(3)17-10-6-5-7-11-17/h5-7,10-11,18H,4,8-9,12-16H2,1-3H3,(H2,20,21,22). The fourth-order valence-electron chi connectivity index (χ4n) is 3.31. The van der Waals surface area contributed by atoms with Crippen LogP contribution in [-0.2, 0) is 0 Å². The molecule has 2 N–H and O–H groups in total. The van der Waals surface area contributed by atoms with Gasteiger partial charge in [-0.3, -0.25) is 9.89 Å². The van der Waals surface area contributed by atoms with E-state index in [2.05, 4.69) is 69.7 Å². The molecule has 1 saturated heterocycles. The van der Waals surface area contributed by atoms with Gasteiger partial charge in [0.05, 0.1) is 0 Å². The first-order valence-electron chi connectivity index (χ1n) is 9.19. The molecule has 5 heteroatoms. The molecule has 0 aromatic heterocycles. The number of hydrogen-bond donors (Lipinski definition) is 2. The predicted octanol–water partition coefficient (Wildman–Crippen LogP) is 2.16. The lowest BCUT2D eigenvalue weighted by molar-refractivity contribution is 0.267. The molecular weight excluding hydrogens is 298 g/mol. The minimum absolute atomic E-state index is 0.651. The Kier molecular flexibility index (Phi) is 7.89. The van der Waals surface area contributed by atoms with Crippen LogP contribution in [0.2, 0.25) is 0 Å². The quantitative estimate of drug-likeness (QED) is 0.435. The summed E-state index contributed by atoms with van der Waals surface area (Å²) < 4.78 is 0. The summed E-state index contributed by atoms with van der Waals surface area (Å²) in [7, 11) is 3.99. The van der Waals surface area contributed by atoms with Crippen LogP contribution in [0.25, 0.3) is 0 Å². The minimum Gasteiger partial charge on any atom is -0.375 e. The first-order valence-corrected chi connectivity index (χ1v) is 9.19. The highest BCUT2D eigenvalue weighted by Crippen LogP contribution is 2.15. The summed E-state index contributed by atoms with van der Waals surface area (Å²) in [5.74, 6) is 0.917. The number of nitrogens with zero attached hydrogens (tertiary/aromatic N) is 3. The Labute approximate surface area is 147 Å². The van der Waals surface area contributed by atoms with Crippen molar-refractivity contribution in [2.24, 2.45) is 4.99 Å². The molecule has 0 amide bonds. The SMILES string of the molecule is CCN1CCCC1CNC(=NC)NCCCN(C)c1ccccc1. The van der Waals surface area contributed by atoms with Gasteiger partial charge in [0.2, 0.25) is 0 Å². The number of likely N-dealkylation sites (tertiary alicyclic amines) is 1. The topological polar surface area (TPSA) is 42.9 Å². The molecule has 0 radical (unpaired) electrons. The third-order valence-electron chi connectivity index (χ3n) is 4.79. The van der Waals surface area contributed by atoms with Crippen molar-refractivity contribution in [2.75, 3.05) is 51.7 Å². The van der Waals surface area contributed by atoms with Gasteiger partial charge in [0.15, 0.2) is 5.96 Å². The van der Waals surface area contributed by atoms with E-state index in [0.29, 0.717) is 6.04 Å². The first kappa shape index (κ1) is 18.6. The molecule has 1 aliphatic rings. The molecule has 1 aromatic rings. The van der Waals surface area contributed by atoms with Crippen molar-refractivity contribution in [3.05, 3.63) is 30.3 Å². The van der Waals surface area contributed by atoms with E-state index in [-0.39, 0.29) is 0 Å². The number of guanidine groups is 1. The van der Waals surface area contributed by atoms with E-state index in [0.717, 1.165) is 38.6 Å². The summed E-state index contributed by atoms with van der Waals surface area (Å²) in [5, 5.41) is 6.91. The lowest BCUT2D eigenvalue weighted by Crippen LogP contribution is -2.45. The second kappa shape index (κ2) is 10.2. The zero-order valence-corrected chi connectivity index (χ0v) is 15.5. The number of benzene rings is 1. The number of likely N-dealkylation sites (N-methyl/N-ethyl adjacent to an activating group) is 1. The second-order valence-electron chi connectivity index (χ2n) is 6.42. The van der Waals surface area contributed by atoms with Crippen molar-refractivity contribution in [1.29, 1.82) is 0 Å². The van der Waals surface area contributed by atoms with Crippen molar-refractivity contribution >= 4 is 11.6 Å². The van der Waals surface area contributed by atoms with Gasteiger partial charge in [-0.05, 0) is 44.5 Å². The molecule has 5 nitrogen and oxygen atoms in total. The maximum absolute atomic E-state index is 4.34. The van der Waals surface area contributed by atoms with E-state index in [9.17, 15) is 0 Å². The summed E-state index contributed by atoms with van der Waals surface area (Å²) in [6.45, 7) is 7.57. The number of hydrogen-bond acceptors (Lipinski definition) is 3. The van der Waals surface area contributed by atoms with Crippen molar-refractivity contribution in [2.45, 2.75) is 32.2 Å². The van der Waals surface area contributed by atoms with Crippen LogP contribution in [-0.4, -0.2) is 63.7 Å². The maximum atomic E-state index is 4.34. The van der Waals surface area contributed by atoms with Gasteiger partial charge in [0.1, 0.15) is 0 Å². The highest BCUT2D eigenvalue weighted by Gasteiger charge is 2.22. The third kappa shape index (κ3) is 5.71. The Morgan fingerprint density at radius 2 is 2.08 bits per heavy atom. The molecule has 1 atom stereocenters. The van der Waals surface area contributed by atoms with Gasteiger partial charge < -0.3 is 15.5 Å². The number of rotatable bonds is 8. The van der Waals surface area contributed by atoms with Gasteiger partial charge in [0, 0.05) is 45.5 Å². The van der Waals surface area contributed by atoms with E-state index < -0.39 is 0 Å². The molecule has 0 bridgehead atoms. The van der Waals surface area contributed by atoms with Crippen LogP contribution in [0.5, 0.6) is 0 Å². The summed E-state index contributed by atoms with van der Waals surface area (Å²) in [6, 6.07) is 11.2. The van der Waals surface area contributed by atoms with Crippen LogP contribution in [0.3, 0.4) is 0 Å². The lowest BCUT2D eigenvalue weighted by atomic mass is 10.2. The fraction of sp³-hybridized carbons (Fsp3) is 0.632. The number of nitrogens with one attached hydrogen (secondary N) is 2. The molecule has 1 aliphatic heterocycles. The average molecular weight is 332 g/mol. The normalized spacial score (nSPS) is 18.6. The number of anilines is 1. The van der Waals surface area contributed by atoms with Crippen molar-refractivity contribution < 1.29 is 0 Å². The van der Waals surface area contributed by atoms with Gasteiger partial charge >= 0.3 is 0 Å². The molecule has 1 aromatic carbocycles. The molecule has 0 saturated carbocycles. The molecule has 1 fully saturated rings. The van der Waals surface area contributed by atoms with Crippen LogP contribution >= 0.6 is 0 Å². The third-order valence-corrected chi connectivity index (χ3v) is 4.79. The van der Waals surface area contributed by atoms with Crippen LogP contribution in [0, 0.1) is 0 Å². The Bertz CT molecular complexity index is 488. The highest BCUT2D eigenvalue weighted by atomic mass is 15.2. The monoisotopic (exact) mass is 331 g/mol. The Morgan fingerprint density at radius 1 is 1.29 bits per heavy atom. The molecule has 0 aliphatic carbocycles. The summed E-state index contributed by atoms with van der Waals surface area (Å²) in [4.78, 5) is 9.17. The zero-order chi connectivity index (χ0) is 17.2. The zero-order valence-electron chi connectivity index (χ0n) is 15.5. The summed E-state index contributed by atoms with van der Waals surface area (Å²) in [5.41, 5.74) is 1.26.